The van der Waals surface area contributed by atoms with E-state index in [9.17, 15) is 13.2 Å². The molecule has 0 saturated heterocycles. The highest BCUT2D eigenvalue weighted by molar-refractivity contribution is 7.85. The topological polar surface area (TPSA) is 111 Å². The summed E-state index contributed by atoms with van der Waals surface area (Å²) < 4.78 is 35.2. The van der Waals surface area contributed by atoms with E-state index in [1.807, 2.05) is 14.1 Å². The van der Waals surface area contributed by atoms with Gasteiger partial charge >= 0.3 is 5.97 Å². The minimum Gasteiger partial charge on any atom is -0.870 e. The van der Waals surface area contributed by atoms with E-state index in [2.05, 4.69) is 6.58 Å². The maximum absolute atomic E-state index is 10.8. The first-order chi connectivity index (χ1) is 8.16. The molecule has 19 heavy (non-hydrogen) atoms. The van der Waals surface area contributed by atoms with Crippen LogP contribution in [-0.4, -0.2) is 68.4 Å². The van der Waals surface area contributed by atoms with Crippen molar-refractivity contribution in [1.82, 2.24) is 0 Å². The van der Waals surface area contributed by atoms with Gasteiger partial charge in [0.15, 0.2) is 0 Å². The number of carbonyl (C=O) groups excluding carboxylic acids is 1. The van der Waals surface area contributed by atoms with Gasteiger partial charge in [0.05, 0.1) is 39.5 Å². The van der Waals surface area contributed by atoms with Gasteiger partial charge in [-0.15, -0.1) is 0 Å². The van der Waals surface area contributed by atoms with Crippen LogP contribution in [0.3, 0.4) is 0 Å². The third-order valence-corrected chi connectivity index (χ3v) is 3.29. The quantitative estimate of drug-likeness (QED) is 0.215. The van der Waals surface area contributed by atoms with Crippen LogP contribution >= 0.6 is 0 Å². The number of ether oxygens (including phenoxy) is 1. The molecule has 0 atom stereocenters. The molecule has 0 rings (SSSR count). The van der Waals surface area contributed by atoms with E-state index < -0.39 is 16.1 Å². The van der Waals surface area contributed by atoms with Gasteiger partial charge in [-0.1, -0.05) is 6.58 Å². The predicted molar refractivity (Wildman–Crippen MR) is 70.6 cm³/mol. The molecule has 8 heteroatoms. The number of rotatable bonds is 9. The third-order valence-electron chi connectivity index (χ3n) is 2.48. The van der Waals surface area contributed by atoms with Crippen molar-refractivity contribution >= 4 is 16.1 Å². The van der Waals surface area contributed by atoms with Crippen LogP contribution in [0.15, 0.2) is 12.7 Å². The average molecular weight is 297 g/mol. The first-order valence-electron chi connectivity index (χ1n) is 5.73. The molecule has 0 aromatic heterocycles. The summed E-state index contributed by atoms with van der Waals surface area (Å²) in [7, 11) is 0.0385. The monoisotopic (exact) mass is 297 g/mol. The fourth-order valence-electron chi connectivity index (χ4n) is 1.51. The third kappa shape index (κ3) is 13.3. The molecular weight excluding hydrogens is 274 g/mol. The fraction of sp³-hybridized carbons (Fsp3) is 0.727. The Kier molecular flexibility index (Phi) is 9.67. The molecule has 0 unspecified atom stereocenters. The summed E-state index contributed by atoms with van der Waals surface area (Å²) in [6.45, 7) is 5.01. The summed E-state index contributed by atoms with van der Waals surface area (Å²) in [5.41, 5.74) is 0. The first-order valence-corrected chi connectivity index (χ1v) is 7.33. The van der Waals surface area contributed by atoms with Crippen LogP contribution in [0, 0.1) is 0 Å². The van der Waals surface area contributed by atoms with Crippen molar-refractivity contribution in [3.8, 4) is 0 Å². The van der Waals surface area contributed by atoms with E-state index >= 15 is 0 Å². The average Bonchev–Trinajstić information content (AvgIpc) is 2.21. The Morgan fingerprint density at radius 3 is 2.32 bits per heavy atom. The van der Waals surface area contributed by atoms with Gasteiger partial charge in [0.1, 0.15) is 0 Å². The Balaban J connectivity index is 0. The molecule has 0 heterocycles. The SMILES string of the molecule is C=CC(=O)OCCC[N+](C)(C)CCCS(=O)(=O)O.[OH-]. The van der Waals surface area contributed by atoms with Gasteiger partial charge in [-0.05, 0) is 0 Å². The second-order valence-electron chi connectivity index (χ2n) is 4.75. The Labute approximate surface area is 114 Å². The number of hydrogen-bond donors (Lipinski definition) is 1. The van der Waals surface area contributed by atoms with Crippen molar-refractivity contribution in [1.29, 1.82) is 0 Å². The number of nitrogens with zero attached hydrogens (tertiary/aromatic N) is 1. The molecule has 0 aliphatic heterocycles. The van der Waals surface area contributed by atoms with Crippen LogP contribution in [0.5, 0.6) is 0 Å². The van der Waals surface area contributed by atoms with Crippen molar-refractivity contribution in [2.75, 3.05) is 39.5 Å². The van der Waals surface area contributed by atoms with Crippen molar-refractivity contribution in [2.45, 2.75) is 12.8 Å². The molecule has 0 saturated carbocycles. The zero-order valence-corrected chi connectivity index (χ0v) is 12.2. The predicted octanol–water partition coefficient (Wildman–Crippen LogP) is 0.283. The maximum Gasteiger partial charge on any atom is 0.330 e. The summed E-state index contributed by atoms with van der Waals surface area (Å²) in [6.07, 6.45) is 2.21. The van der Waals surface area contributed by atoms with E-state index in [0.29, 0.717) is 30.5 Å². The zero-order chi connectivity index (χ0) is 14.2. The van der Waals surface area contributed by atoms with Gasteiger partial charge in [0.25, 0.3) is 10.1 Å². The van der Waals surface area contributed by atoms with E-state index in [1.54, 1.807) is 0 Å². The summed E-state index contributed by atoms with van der Waals surface area (Å²) in [4.78, 5) is 10.8. The summed E-state index contributed by atoms with van der Waals surface area (Å²) in [5, 5.41) is 0. The Morgan fingerprint density at radius 1 is 1.32 bits per heavy atom. The molecule has 0 aromatic carbocycles. The molecule has 0 aliphatic carbocycles. The van der Waals surface area contributed by atoms with E-state index in [4.69, 9.17) is 9.29 Å². The highest BCUT2D eigenvalue weighted by atomic mass is 32.2. The van der Waals surface area contributed by atoms with Crippen LogP contribution in [0.2, 0.25) is 0 Å². The molecule has 0 aliphatic rings. The van der Waals surface area contributed by atoms with Gasteiger partial charge in [-0.3, -0.25) is 4.55 Å². The maximum atomic E-state index is 10.8. The van der Waals surface area contributed by atoms with Gasteiger partial charge in [-0.2, -0.15) is 8.42 Å². The van der Waals surface area contributed by atoms with Crippen molar-refractivity contribution in [3.63, 3.8) is 0 Å². The number of hydrogen-bond acceptors (Lipinski definition) is 5. The van der Waals surface area contributed by atoms with Crippen molar-refractivity contribution < 1.29 is 32.5 Å². The van der Waals surface area contributed by atoms with E-state index in [1.165, 1.54) is 0 Å². The minimum atomic E-state index is -3.88. The Morgan fingerprint density at radius 2 is 1.84 bits per heavy atom. The molecule has 114 valence electrons. The lowest BCUT2D eigenvalue weighted by Gasteiger charge is -2.29. The molecule has 0 spiro atoms. The number of esters is 1. The standard InChI is InChI=1S/C11H21NO5S.H2O/c1-4-11(13)17-9-5-7-12(2,3)8-6-10-18(14,15)16;/h4H,1,5-10H2,2-3H3;1H2. The largest absolute Gasteiger partial charge is 0.870 e. The normalized spacial score (nSPS) is 11.5. The second kappa shape index (κ2) is 9.03. The molecule has 0 radical (unpaired) electrons. The lowest BCUT2D eigenvalue weighted by molar-refractivity contribution is -0.890. The van der Waals surface area contributed by atoms with Crippen LogP contribution in [0.1, 0.15) is 12.8 Å². The summed E-state index contributed by atoms with van der Waals surface area (Å²) >= 11 is 0. The van der Waals surface area contributed by atoms with E-state index in [0.717, 1.165) is 12.6 Å². The van der Waals surface area contributed by atoms with Crippen LogP contribution in [0.4, 0.5) is 0 Å². The highest BCUT2D eigenvalue weighted by Gasteiger charge is 2.16. The molecule has 0 aromatic rings. The highest BCUT2D eigenvalue weighted by Crippen LogP contribution is 2.03. The van der Waals surface area contributed by atoms with Gasteiger partial charge < -0.3 is 14.7 Å². The van der Waals surface area contributed by atoms with Crippen LogP contribution in [0.25, 0.3) is 0 Å². The smallest absolute Gasteiger partial charge is 0.330 e. The van der Waals surface area contributed by atoms with Crippen LogP contribution in [-0.2, 0) is 19.6 Å². The van der Waals surface area contributed by atoms with Gasteiger partial charge in [0, 0.05) is 18.9 Å². The summed E-state index contributed by atoms with van der Waals surface area (Å²) in [6, 6.07) is 0. The molecular formula is C11H23NO6S. The molecule has 0 amide bonds. The van der Waals surface area contributed by atoms with E-state index in [-0.39, 0.29) is 11.2 Å². The molecule has 0 fully saturated rings. The van der Waals surface area contributed by atoms with Crippen LogP contribution < -0.4 is 0 Å². The summed E-state index contributed by atoms with van der Waals surface area (Å²) in [5.74, 6) is -0.660. The first kappa shape index (κ1) is 20.4. The Bertz CT molecular complexity index is 377. The van der Waals surface area contributed by atoms with Crippen molar-refractivity contribution in [3.05, 3.63) is 12.7 Å². The lowest BCUT2D eigenvalue weighted by atomic mass is 10.3. The fourth-order valence-corrected chi connectivity index (χ4v) is 2.00. The van der Waals surface area contributed by atoms with Gasteiger partial charge in [-0.25, -0.2) is 4.79 Å². The van der Waals surface area contributed by atoms with Gasteiger partial charge in [0.2, 0.25) is 0 Å². The Hall–Kier alpha value is -0.960. The number of quaternary nitrogens is 1. The second-order valence-corrected chi connectivity index (χ2v) is 6.32. The van der Waals surface area contributed by atoms with Crippen molar-refractivity contribution in [2.24, 2.45) is 0 Å². The molecule has 0 bridgehead atoms. The number of carbonyl (C=O) groups is 1. The zero-order valence-electron chi connectivity index (χ0n) is 11.4. The minimum absolute atomic E-state index is 0. The molecule has 7 nitrogen and oxygen atoms in total. The lowest BCUT2D eigenvalue weighted by Crippen LogP contribution is -2.42. The molecule has 2 N–H and O–H groups in total.